The Balaban J connectivity index is 2.30. The van der Waals surface area contributed by atoms with E-state index < -0.39 is 6.04 Å². The van der Waals surface area contributed by atoms with Gasteiger partial charge < -0.3 is 10.2 Å². The van der Waals surface area contributed by atoms with E-state index in [1.807, 2.05) is 32.9 Å². The van der Waals surface area contributed by atoms with Crippen molar-refractivity contribution in [2.75, 3.05) is 0 Å². The number of carbonyl (C=O) groups excluding carboxylic acids is 2. The molecule has 2 aromatic carbocycles. The maximum absolute atomic E-state index is 13.3. The lowest BCUT2D eigenvalue weighted by Gasteiger charge is -2.31. The lowest BCUT2D eigenvalue weighted by atomic mass is 10.1. The van der Waals surface area contributed by atoms with Crippen LogP contribution in [0.25, 0.3) is 0 Å². The lowest BCUT2D eigenvalue weighted by Crippen LogP contribution is -2.51. The second-order valence-electron chi connectivity index (χ2n) is 7.32. The molecule has 2 aromatic rings. The van der Waals surface area contributed by atoms with Gasteiger partial charge in [-0.3, -0.25) is 9.59 Å². The first kappa shape index (κ1) is 24.5. The summed E-state index contributed by atoms with van der Waals surface area (Å²) in [6.07, 6.45) is 1.44. The molecule has 0 fully saturated rings. The third-order valence-electron chi connectivity index (χ3n) is 4.99. The summed E-state index contributed by atoms with van der Waals surface area (Å²) < 4.78 is 0. The average Bonchev–Trinajstić information content (AvgIpc) is 2.71. The average molecular weight is 470 g/mol. The zero-order chi connectivity index (χ0) is 22.3. The van der Waals surface area contributed by atoms with Gasteiger partial charge in [0.2, 0.25) is 11.8 Å². The number of hydrogen-bond donors (Lipinski definition) is 1. The van der Waals surface area contributed by atoms with E-state index in [0.717, 1.165) is 17.5 Å². The van der Waals surface area contributed by atoms with Crippen molar-refractivity contribution in [1.82, 2.24) is 10.2 Å². The van der Waals surface area contributed by atoms with Gasteiger partial charge in [-0.05, 0) is 55.2 Å². The SMILES string of the molecule is CC[C@@H](C)NC(=O)[C@H](CC)N(Cc1ccc(Cl)cc1)C(=O)Cc1ccc(Cl)c(Cl)c1. The summed E-state index contributed by atoms with van der Waals surface area (Å²) in [5, 5.41) is 4.45. The maximum Gasteiger partial charge on any atom is 0.243 e. The minimum absolute atomic E-state index is 0.0362. The monoisotopic (exact) mass is 468 g/mol. The number of rotatable bonds is 9. The van der Waals surface area contributed by atoms with Crippen molar-refractivity contribution >= 4 is 46.6 Å². The molecule has 162 valence electrons. The predicted molar refractivity (Wildman–Crippen MR) is 124 cm³/mol. The Morgan fingerprint density at radius 2 is 1.57 bits per heavy atom. The first-order valence-electron chi connectivity index (χ1n) is 10.0. The van der Waals surface area contributed by atoms with Crippen LogP contribution in [0.5, 0.6) is 0 Å². The minimum atomic E-state index is -0.579. The summed E-state index contributed by atoms with van der Waals surface area (Å²) in [5.74, 6) is -0.308. The van der Waals surface area contributed by atoms with Crippen molar-refractivity contribution in [3.63, 3.8) is 0 Å². The second-order valence-corrected chi connectivity index (χ2v) is 8.57. The Morgan fingerprint density at radius 1 is 0.933 bits per heavy atom. The lowest BCUT2D eigenvalue weighted by molar-refractivity contribution is -0.141. The number of nitrogens with one attached hydrogen (secondary N) is 1. The molecule has 30 heavy (non-hydrogen) atoms. The van der Waals surface area contributed by atoms with Crippen LogP contribution in [0, 0.1) is 0 Å². The molecule has 0 saturated heterocycles. The molecule has 0 aliphatic carbocycles. The van der Waals surface area contributed by atoms with Gasteiger partial charge in [0.1, 0.15) is 6.04 Å². The molecule has 0 aliphatic rings. The molecule has 7 heteroatoms. The van der Waals surface area contributed by atoms with E-state index >= 15 is 0 Å². The first-order valence-corrected chi connectivity index (χ1v) is 11.2. The summed E-state index contributed by atoms with van der Waals surface area (Å²) in [6.45, 7) is 6.17. The van der Waals surface area contributed by atoms with Crippen molar-refractivity contribution in [3.05, 3.63) is 68.7 Å². The van der Waals surface area contributed by atoms with Crippen molar-refractivity contribution in [2.24, 2.45) is 0 Å². The highest BCUT2D eigenvalue weighted by atomic mass is 35.5. The quantitative estimate of drug-likeness (QED) is 0.496. The summed E-state index contributed by atoms with van der Waals surface area (Å²) in [4.78, 5) is 27.8. The van der Waals surface area contributed by atoms with Crippen molar-refractivity contribution in [1.29, 1.82) is 0 Å². The molecule has 1 N–H and O–H groups in total. The smallest absolute Gasteiger partial charge is 0.243 e. The van der Waals surface area contributed by atoms with Crippen molar-refractivity contribution in [2.45, 2.75) is 58.7 Å². The van der Waals surface area contributed by atoms with Crippen molar-refractivity contribution < 1.29 is 9.59 Å². The number of hydrogen-bond acceptors (Lipinski definition) is 2. The van der Waals surface area contributed by atoms with E-state index in [1.54, 1.807) is 35.2 Å². The van der Waals surface area contributed by atoms with Gasteiger partial charge in [0.15, 0.2) is 0 Å². The summed E-state index contributed by atoms with van der Waals surface area (Å²) >= 11 is 18.1. The summed E-state index contributed by atoms with van der Waals surface area (Å²) in [5.41, 5.74) is 1.64. The molecule has 2 atom stereocenters. The van der Waals surface area contributed by atoms with Crippen LogP contribution < -0.4 is 5.32 Å². The molecule has 0 unspecified atom stereocenters. The van der Waals surface area contributed by atoms with Crippen LogP contribution in [-0.4, -0.2) is 28.8 Å². The number of halogens is 3. The van der Waals surface area contributed by atoms with E-state index in [4.69, 9.17) is 34.8 Å². The van der Waals surface area contributed by atoms with Gasteiger partial charge in [0.05, 0.1) is 16.5 Å². The molecule has 4 nitrogen and oxygen atoms in total. The van der Waals surface area contributed by atoms with Crippen LogP contribution in [0.3, 0.4) is 0 Å². The van der Waals surface area contributed by atoms with Crippen LogP contribution in [0.15, 0.2) is 42.5 Å². The van der Waals surface area contributed by atoms with Crippen LogP contribution in [0.2, 0.25) is 15.1 Å². The van der Waals surface area contributed by atoms with Gasteiger partial charge in [0.25, 0.3) is 0 Å². The highest BCUT2D eigenvalue weighted by molar-refractivity contribution is 6.42. The van der Waals surface area contributed by atoms with E-state index in [0.29, 0.717) is 28.0 Å². The zero-order valence-corrected chi connectivity index (χ0v) is 19.7. The Bertz CT molecular complexity index is 871. The number of carbonyl (C=O) groups is 2. The molecule has 2 rings (SSSR count). The zero-order valence-electron chi connectivity index (χ0n) is 17.4. The fourth-order valence-corrected chi connectivity index (χ4v) is 3.52. The summed E-state index contributed by atoms with van der Waals surface area (Å²) in [6, 6.07) is 11.9. The van der Waals surface area contributed by atoms with Gasteiger partial charge in [-0.2, -0.15) is 0 Å². The molecule has 0 saturated carbocycles. The van der Waals surface area contributed by atoms with Crippen LogP contribution in [-0.2, 0) is 22.6 Å². The van der Waals surface area contributed by atoms with E-state index in [2.05, 4.69) is 5.32 Å². The molecule has 0 radical (unpaired) electrons. The van der Waals surface area contributed by atoms with Gasteiger partial charge in [-0.15, -0.1) is 0 Å². The fraction of sp³-hybridized carbons (Fsp3) is 0.391. The molecule has 0 aliphatic heterocycles. The molecular weight excluding hydrogens is 443 g/mol. The molecular formula is C23H27Cl3N2O2. The van der Waals surface area contributed by atoms with Crippen LogP contribution in [0.1, 0.15) is 44.7 Å². The van der Waals surface area contributed by atoms with Gasteiger partial charge in [-0.25, -0.2) is 0 Å². The summed E-state index contributed by atoms with van der Waals surface area (Å²) in [7, 11) is 0. The Hall–Kier alpha value is -1.75. The third kappa shape index (κ3) is 6.90. The first-order chi connectivity index (χ1) is 14.2. The maximum atomic E-state index is 13.3. The van der Waals surface area contributed by atoms with Gasteiger partial charge in [0, 0.05) is 17.6 Å². The number of amides is 2. The molecule has 0 spiro atoms. The second kappa shape index (κ2) is 11.6. The normalized spacial score (nSPS) is 12.9. The van der Waals surface area contributed by atoms with Crippen LogP contribution in [0.4, 0.5) is 0 Å². The molecule has 0 bridgehead atoms. The highest BCUT2D eigenvalue weighted by Crippen LogP contribution is 2.24. The van der Waals surface area contributed by atoms with Gasteiger partial charge >= 0.3 is 0 Å². The Labute approximate surface area is 193 Å². The van der Waals surface area contributed by atoms with E-state index in [1.165, 1.54) is 0 Å². The minimum Gasteiger partial charge on any atom is -0.352 e. The standard InChI is InChI=1S/C23H27Cl3N2O2/c1-4-15(3)27-23(30)21(5-2)28(14-16-6-9-18(24)10-7-16)22(29)13-17-8-11-19(25)20(26)12-17/h6-12,15,21H,4-5,13-14H2,1-3H3,(H,27,30)/t15-,21+/m1/s1. The van der Waals surface area contributed by atoms with Gasteiger partial charge in [-0.1, -0.05) is 66.8 Å². The number of benzene rings is 2. The topological polar surface area (TPSA) is 49.4 Å². The number of nitrogens with zero attached hydrogens (tertiary/aromatic N) is 1. The molecule has 0 heterocycles. The van der Waals surface area contributed by atoms with E-state index in [9.17, 15) is 9.59 Å². The Morgan fingerprint density at radius 3 is 2.13 bits per heavy atom. The largest absolute Gasteiger partial charge is 0.352 e. The third-order valence-corrected chi connectivity index (χ3v) is 5.98. The highest BCUT2D eigenvalue weighted by Gasteiger charge is 2.29. The van der Waals surface area contributed by atoms with Crippen molar-refractivity contribution in [3.8, 4) is 0 Å². The fourth-order valence-electron chi connectivity index (χ4n) is 3.07. The van der Waals surface area contributed by atoms with Crippen LogP contribution >= 0.6 is 34.8 Å². The predicted octanol–water partition coefficient (Wildman–Crippen LogP) is 5.91. The van der Waals surface area contributed by atoms with E-state index in [-0.39, 0.29) is 24.3 Å². The Kier molecular flexibility index (Phi) is 9.47. The molecule has 0 aromatic heterocycles. The molecule has 2 amide bonds.